The van der Waals surface area contributed by atoms with Gasteiger partial charge in [0.05, 0.1) is 16.4 Å². The number of benzene rings is 8. The quantitative estimate of drug-likeness (QED) is 0.165. The van der Waals surface area contributed by atoms with Crippen molar-refractivity contribution in [2.75, 3.05) is 0 Å². The Morgan fingerprint density at radius 1 is 0.396 bits per heavy atom. The van der Waals surface area contributed by atoms with E-state index in [-0.39, 0.29) is 11.3 Å². The Morgan fingerprint density at radius 2 is 0.943 bits per heavy atom. The fourth-order valence-corrected chi connectivity index (χ4v) is 9.88. The summed E-state index contributed by atoms with van der Waals surface area (Å²) in [5.74, 6) is 0.246. The second-order valence-electron chi connectivity index (χ2n) is 14.7. The monoisotopic (exact) mass is 675 g/mol. The molecule has 0 N–H and O–H groups in total. The highest BCUT2D eigenvalue weighted by Crippen LogP contribution is 2.63. The van der Waals surface area contributed by atoms with Gasteiger partial charge in [-0.1, -0.05) is 164 Å². The minimum atomic E-state index is -0.339. The summed E-state index contributed by atoms with van der Waals surface area (Å²) < 4.78 is 2.40. The Balaban J connectivity index is 1.04. The molecule has 1 heterocycles. The molecule has 1 spiro atoms. The Morgan fingerprint density at radius 3 is 1.62 bits per heavy atom. The standard InChI is InChI=1S/C52H37N/c1-3-15-36(16-4-1)39(30-27-35-28-32-51-45(33-35)44-22-10-14-26-50(44)53(51)38-17-5-2-6-18-38)37-29-31-43-42-21-9-13-25-48(42)52(49(43)34-37)46-23-11-7-19-40(46)41-20-8-12-24-47(41)52/h1-26,28-29,31-34,39H,27,30H2/t39-/m1/s1. The van der Waals surface area contributed by atoms with Gasteiger partial charge in [0.1, 0.15) is 0 Å². The zero-order valence-corrected chi connectivity index (χ0v) is 29.4. The van der Waals surface area contributed by atoms with Crippen molar-refractivity contribution in [3.63, 3.8) is 0 Å². The van der Waals surface area contributed by atoms with Crippen molar-refractivity contribution in [3.8, 4) is 27.9 Å². The van der Waals surface area contributed by atoms with Crippen LogP contribution in [-0.2, 0) is 11.8 Å². The van der Waals surface area contributed by atoms with E-state index in [4.69, 9.17) is 0 Å². The summed E-state index contributed by atoms with van der Waals surface area (Å²) >= 11 is 0. The molecule has 250 valence electrons. The predicted octanol–water partition coefficient (Wildman–Crippen LogP) is 12.9. The first-order valence-corrected chi connectivity index (χ1v) is 18.9. The second kappa shape index (κ2) is 11.8. The highest BCUT2D eigenvalue weighted by atomic mass is 15.0. The average Bonchev–Trinajstić information content (AvgIpc) is 3.83. The van der Waals surface area contributed by atoms with Crippen LogP contribution in [0.15, 0.2) is 194 Å². The molecule has 1 nitrogen and oxygen atoms in total. The normalized spacial score (nSPS) is 13.9. The lowest BCUT2D eigenvalue weighted by Crippen LogP contribution is -2.26. The third kappa shape index (κ3) is 4.38. The van der Waals surface area contributed by atoms with E-state index in [1.807, 2.05) is 0 Å². The molecule has 0 amide bonds. The van der Waals surface area contributed by atoms with Crippen LogP contribution in [0.3, 0.4) is 0 Å². The number of fused-ring (bicyclic) bond motifs is 13. The van der Waals surface area contributed by atoms with E-state index >= 15 is 0 Å². The largest absolute Gasteiger partial charge is 0.309 e. The molecule has 2 aliphatic rings. The zero-order valence-electron chi connectivity index (χ0n) is 29.4. The predicted molar refractivity (Wildman–Crippen MR) is 220 cm³/mol. The van der Waals surface area contributed by atoms with Crippen LogP contribution >= 0.6 is 0 Å². The smallest absolute Gasteiger partial charge is 0.0725 e. The van der Waals surface area contributed by atoms with Crippen molar-refractivity contribution in [2.24, 2.45) is 0 Å². The summed E-state index contributed by atoms with van der Waals surface area (Å²) in [5.41, 5.74) is 18.4. The highest BCUT2D eigenvalue weighted by Gasteiger charge is 2.51. The van der Waals surface area contributed by atoms with Gasteiger partial charge in [0.25, 0.3) is 0 Å². The van der Waals surface area contributed by atoms with Crippen molar-refractivity contribution >= 4 is 21.8 Å². The molecule has 0 unspecified atom stereocenters. The number of aromatic nitrogens is 1. The SMILES string of the molecule is c1ccc([C@@H](CCc2ccc3c(c2)c2ccccc2n3-c2ccccc2)c2ccc3c(c2)C2(c4ccccc4-c4ccccc42)c2ccccc2-3)cc1. The lowest BCUT2D eigenvalue weighted by molar-refractivity contribution is 0.711. The maximum atomic E-state index is 2.57. The van der Waals surface area contributed by atoms with E-state index in [0.717, 1.165) is 12.8 Å². The van der Waals surface area contributed by atoms with Crippen LogP contribution in [-0.4, -0.2) is 4.57 Å². The fourth-order valence-electron chi connectivity index (χ4n) is 9.88. The molecule has 9 aromatic rings. The summed E-state index contributed by atoms with van der Waals surface area (Å²) in [4.78, 5) is 0. The zero-order chi connectivity index (χ0) is 34.9. The Bertz CT molecular complexity index is 2780. The van der Waals surface area contributed by atoms with Crippen molar-refractivity contribution in [1.82, 2.24) is 4.57 Å². The molecule has 11 rings (SSSR count). The van der Waals surface area contributed by atoms with Gasteiger partial charge < -0.3 is 4.57 Å². The summed E-state index contributed by atoms with van der Waals surface area (Å²) in [6.07, 6.45) is 1.99. The van der Waals surface area contributed by atoms with Crippen LogP contribution in [0.2, 0.25) is 0 Å². The Hall–Kier alpha value is -6.44. The van der Waals surface area contributed by atoms with Gasteiger partial charge in [-0.25, -0.2) is 0 Å². The second-order valence-corrected chi connectivity index (χ2v) is 14.7. The molecule has 0 saturated heterocycles. The maximum Gasteiger partial charge on any atom is 0.0725 e. The van der Waals surface area contributed by atoms with Crippen LogP contribution in [0.4, 0.5) is 0 Å². The molecule has 1 aromatic heterocycles. The molecular formula is C52H37N. The van der Waals surface area contributed by atoms with Crippen molar-refractivity contribution < 1.29 is 0 Å². The molecule has 0 aliphatic heterocycles. The summed E-state index contributed by atoms with van der Waals surface area (Å²) in [7, 11) is 0. The van der Waals surface area contributed by atoms with E-state index in [2.05, 4.69) is 199 Å². The van der Waals surface area contributed by atoms with Gasteiger partial charge in [-0.15, -0.1) is 0 Å². The molecular weight excluding hydrogens is 639 g/mol. The van der Waals surface area contributed by atoms with Gasteiger partial charge in [0, 0.05) is 22.4 Å². The summed E-state index contributed by atoms with van der Waals surface area (Å²) in [5, 5.41) is 2.61. The number of rotatable bonds is 6. The molecule has 1 atom stereocenters. The third-order valence-corrected chi connectivity index (χ3v) is 12.1. The van der Waals surface area contributed by atoms with Crippen LogP contribution in [0, 0.1) is 0 Å². The first kappa shape index (κ1) is 30.2. The molecule has 0 radical (unpaired) electrons. The van der Waals surface area contributed by atoms with Crippen LogP contribution in [0.1, 0.15) is 51.3 Å². The number of aryl methyl sites for hydroxylation is 1. The first-order valence-electron chi connectivity index (χ1n) is 18.9. The summed E-state index contributed by atoms with van der Waals surface area (Å²) in [6, 6.07) is 72.5. The molecule has 8 aromatic carbocycles. The van der Waals surface area contributed by atoms with E-state index < -0.39 is 0 Å². The van der Waals surface area contributed by atoms with E-state index in [0.29, 0.717) is 0 Å². The van der Waals surface area contributed by atoms with E-state index in [1.54, 1.807) is 0 Å². The lowest BCUT2D eigenvalue weighted by Gasteiger charge is -2.31. The molecule has 0 saturated carbocycles. The van der Waals surface area contributed by atoms with Gasteiger partial charge >= 0.3 is 0 Å². The highest BCUT2D eigenvalue weighted by molar-refractivity contribution is 6.09. The number of nitrogens with zero attached hydrogens (tertiary/aromatic N) is 1. The molecule has 1 heteroatoms. The topological polar surface area (TPSA) is 4.93 Å². The number of para-hydroxylation sites is 2. The van der Waals surface area contributed by atoms with Gasteiger partial charge in [0.15, 0.2) is 0 Å². The number of hydrogen-bond donors (Lipinski definition) is 0. The van der Waals surface area contributed by atoms with Crippen molar-refractivity contribution in [2.45, 2.75) is 24.2 Å². The van der Waals surface area contributed by atoms with Crippen LogP contribution in [0.5, 0.6) is 0 Å². The Labute approximate surface area is 310 Å². The first-order chi connectivity index (χ1) is 26.3. The number of hydrogen-bond acceptors (Lipinski definition) is 0. The van der Waals surface area contributed by atoms with E-state index in [1.165, 1.54) is 88.7 Å². The van der Waals surface area contributed by atoms with Gasteiger partial charge in [0.2, 0.25) is 0 Å². The minimum absolute atomic E-state index is 0.246. The molecule has 0 bridgehead atoms. The van der Waals surface area contributed by atoms with E-state index in [9.17, 15) is 0 Å². The van der Waals surface area contributed by atoms with Gasteiger partial charge in [-0.2, -0.15) is 0 Å². The fraction of sp³-hybridized carbons (Fsp3) is 0.0769. The van der Waals surface area contributed by atoms with Crippen molar-refractivity contribution in [3.05, 3.63) is 233 Å². The summed E-state index contributed by atoms with van der Waals surface area (Å²) in [6.45, 7) is 0. The third-order valence-electron chi connectivity index (χ3n) is 12.1. The van der Waals surface area contributed by atoms with Crippen molar-refractivity contribution in [1.29, 1.82) is 0 Å². The molecule has 2 aliphatic carbocycles. The van der Waals surface area contributed by atoms with Gasteiger partial charge in [-0.3, -0.25) is 0 Å². The minimum Gasteiger partial charge on any atom is -0.309 e. The Kier molecular flexibility index (Phi) is 6.73. The van der Waals surface area contributed by atoms with Crippen LogP contribution < -0.4 is 0 Å². The average molecular weight is 676 g/mol. The van der Waals surface area contributed by atoms with Gasteiger partial charge in [-0.05, 0) is 104 Å². The lowest BCUT2D eigenvalue weighted by atomic mass is 9.70. The molecule has 0 fully saturated rings. The molecule has 53 heavy (non-hydrogen) atoms. The maximum absolute atomic E-state index is 2.57. The van der Waals surface area contributed by atoms with Crippen LogP contribution in [0.25, 0.3) is 49.7 Å².